The normalized spacial score (nSPS) is 17.1. The van der Waals surface area contributed by atoms with Crippen LogP contribution in [0.25, 0.3) is 11.5 Å². The van der Waals surface area contributed by atoms with E-state index in [9.17, 15) is 4.39 Å². The lowest BCUT2D eigenvalue weighted by atomic mass is 10.2. The summed E-state index contributed by atoms with van der Waals surface area (Å²) in [6.45, 7) is 7.45. The van der Waals surface area contributed by atoms with Crippen LogP contribution in [0.5, 0.6) is 5.75 Å². The van der Waals surface area contributed by atoms with Crippen LogP contribution >= 0.6 is 0 Å². The molecule has 9 heteroatoms. The summed E-state index contributed by atoms with van der Waals surface area (Å²) in [6.07, 6.45) is 4.26. The number of ether oxygens (including phenoxy) is 1. The number of benzene rings is 2. The van der Waals surface area contributed by atoms with Crippen molar-refractivity contribution < 1.29 is 13.7 Å². The van der Waals surface area contributed by atoms with Gasteiger partial charge in [-0.2, -0.15) is 4.98 Å². The molecule has 0 bridgehead atoms. The minimum Gasteiger partial charge on any atom is -0.485 e. The van der Waals surface area contributed by atoms with E-state index >= 15 is 0 Å². The van der Waals surface area contributed by atoms with Gasteiger partial charge in [-0.25, -0.2) is 9.38 Å². The van der Waals surface area contributed by atoms with Crippen molar-refractivity contribution >= 4 is 5.84 Å². The molecule has 1 aromatic heterocycles. The van der Waals surface area contributed by atoms with Gasteiger partial charge in [-0.15, -0.1) is 0 Å². The molecule has 1 atom stereocenters. The van der Waals surface area contributed by atoms with Gasteiger partial charge in [0.2, 0.25) is 5.82 Å². The lowest BCUT2D eigenvalue weighted by Crippen LogP contribution is -2.45. The molecule has 0 radical (unpaired) electrons. The highest BCUT2D eigenvalue weighted by atomic mass is 19.1. The average molecular weight is 477 g/mol. The number of aliphatic imine (C=N–C) groups is 1. The molecule has 2 aliphatic rings. The Morgan fingerprint density at radius 1 is 1.06 bits per heavy atom. The molecule has 0 amide bonds. The Morgan fingerprint density at radius 3 is 2.57 bits per heavy atom. The van der Waals surface area contributed by atoms with Crippen LogP contribution < -0.4 is 10.1 Å². The Balaban J connectivity index is 1.22. The van der Waals surface area contributed by atoms with Crippen LogP contribution in [0.2, 0.25) is 0 Å². The summed E-state index contributed by atoms with van der Waals surface area (Å²) in [5.74, 6) is 2.17. The van der Waals surface area contributed by atoms with Crippen molar-refractivity contribution in [1.82, 2.24) is 25.3 Å². The summed E-state index contributed by atoms with van der Waals surface area (Å²) in [5, 5.41) is 7.51. The molecule has 8 nitrogen and oxygen atoms in total. The Bertz CT molecular complexity index is 1210. The van der Waals surface area contributed by atoms with Gasteiger partial charge < -0.3 is 24.4 Å². The van der Waals surface area contributed by atoms with Crippen LogP contribution in [0.3, 0.4) is 0 Å². The lowest BCUT2D eigenvalue weighted by molar-refractivity contribution is 0.235. The molecule has 0 fully saturated rings. The molecule has 0 saturated heterocycles. The van der Waals surface area contributed by atoms with Gasteiger partial charge in [0.1, 0.15) is 17.7 Å². The number of halogens is 1. The van der Waals surface area contributed by atoms with Gasteiger partial charge in [0, 0.05) is 24.9 Å². The molecule has 0 spiro atoms. The van der Waals surface area contributed by atoms with E-state index in [4.69, 9.17) is 14.3 Å². The molecular weight excluding hydrogens is 447 g/mol. The van der Waals surface area contributed by atoms with Crippen molar-refractivity contribution in [3.05, 3.63) is 77.6 Å². The zero-order valence-corrected chi connectivity index (χ0v) is 19.9. The van der Waals surface area contributed by atoms with Gasteiger partial charge >= 0.3 is 0 Å². The van der Waals surface area contributed by atoms with Gasteiger partial charge in [-0.1, -0.05) is 31.1 Å². The summed E-state index contributed by atoms with van der Waals surface area (Å²) in [7, 11) is 0. The van der Waals surface area contributed by atoms with Gasteiger partial charge in [0.15, 0.2) is 12.4 Å². The number of amidine groups is 1. The molecule has 0 saturated carbocycles. The number of nitrogens with one attached hydrogen (secondary N) is 1. The molecule has 3 heterocycles. The number of aromatic nitrogens is 2. The summed E-state index contributed by atoms with van der Waals surface area (Å²) in [6, 6.07) is 13.8. The molecule has 35 heavy (non-hydrogen) atoms. The van der Waals surface area contributed by atoms with Gasteiger partial charge in [-0.05, 0) is 54.8 Å². The molecule has 5 rings (SSSR count). The number of hydrogen-bond donors (Lipinski definition) is 1. The molecule has 0 aliphatic carbocycles. The van der Waals surface area contributed by atoms with Gasteiger partial charge in [-0.3, -0.25) is 0 Å². The van der Waals surface area contributed by atoms with Crippen molar-refractivity contribution in [2.24, 2.45) is 4.99 Å². The van der Waals surface area contributed by atoms with Crippen LogP contribution in [0.15, 0.2) is 69.9 Å². The third kappa shape index (κ3) is 5.13. The van der Waals surface area contributed by atoms with Crippen molar-refractivity contribution in [2.75, 3.05) is 19.8 Å². The molecule has 3 aromatic rings. The molecule has 2 aromatic carbocycles. The predicted molar refractivity (Wildman–Crippen MR) is 131 cm³/mol. The molecule has 1 unspecified atom stereocenters. The third-order valence-corrected chi connectivity index (χ3v) is 5.88. The SMILES string of the molecule is CCCN1C=C2NC(c3ccc(OCc4noc(-c5ccc(F)cc5)n4)cc3)N=C2N(CCC)C1. The largest absolute Gasteiger partial charge is 0.485 e. The van der Waals surface area contributed by atoms with Gasteiger partial charge in [0.05, 0.1) is 12.4 Å². The Labute approximate surface area is 204 Å². The van der Waals surface area contributed by atoms with E-state index in [1.165, 1.54) is 12.1 Å². The van der Waals surface area contributed by atoms with Crippen molar-refractivity contribution in [3.63, 3.8) is 0 Å². The number of rotatable bonds is 9. The highest BCUT2D eigenvalue weighted by molar-refractivity contribution is 6.00. The third-order valence-electron chi connectivity index (χ3n) is 5.88. The van der Waals surface area contributed by atoms with Crippen LogP contribution in [0, 0.1) is 5.82 Å². The standard InChI is InChI=1S/C26H29FN6O2/c1-3-13-32-15-22-25(33(17-32)14-4-2)30-24(28-22)18-7-11-21(12-8-18)34-16-23-29-26(35-31-23)19-5-9-20(27)10-6-19/h5-12,15,24,28H,3-4,13-14,16-17H2,1-2H3. The second kappa shape index (κ2) is 10.2. The smallest absolute Gasteiger partial charge is 0.258 e. The Hall–Kier alpha value is -3.88. The van der Waals surface area contributed by atoms with Crippen molar-refractivity contribution in [3.8, 4) is 17.2 Å². The van der Waals surface area contributed by atoms with E-state index < -0.39 is 0 Å². The van der Waals surface area contributed by atoms with E-state index in [0.717, 1.165) is 49.7 Å². The fourth-order valence-corrected chi connectivity index (χ4v) is 4.24. The number of hydrogen-bond acceptors (Lipinski definition) is 8. The van der Waals surface area contributed by atoms with Gasteiger partial charge in [0.25, 0.3) is 5.89 Å². The number of nitrogens with zero attached hydrogens (tertiary/aromatic N) is 5. The summed E-state index contributed by atoms with van der Waals surface area (Å²) in [4.78, 5) is 14.0. The molecule has 1 N–H and O–H groups in total. The maximum atomic E-state index is 13.1. The topological polar surface area (TPSA) is 79.0 Å². The van der Waals surface area contributed by atoms with E-state index in [-0.39, 0.29) is 18.6 Å². The van der Waals surface area contributed by atoms with Crippen LogP contribution in [0.1, 0.15) is 44.2 Å². The van der Waals surface area contributed by atoms with E-state index in [1.54, 1.807) is 12.1 Å². The van der Waals surface area contributed by atoms with E-state index in [2.05, 4.69) is 45.3 Å². The fraction of sp³-hybridized carbons (Fsp3) is 0.346. The molecule has 182 valence electrons. The zero-order valence-electron chi connectivity index (χ0n) is 19.9. The van der Waals surface area contributed by atoms with Crippen molar-refractivity contribution in [2.45, 2.75) is 39.5 Å². The van der Waals surface area contributed by atoms with Crippen molar-refractivity contribution in [1.29, 1.82) is 0 Å². The average Bonchev–Trinajstić information content (AvgIpc) is 3.52. The Morgan fingerprint density at radius 2 is 1.83 bits per heavy atom. The summed E-state index contributed by atoms with van der Waals surface area (Å²) in [5.41, 5.74) is 2.81. The quantitative estimate of drug-likeness (QED) is 0.480. The first kappa shape index (κ1) is 22.9. The highest BCUT2D eigenvalue weighted by Gasteiger charge is 2.31. The zero-order chi connectivity index (χ0) is 24.2. The second-order valence-corrected chi connectivity index (χ2v) is 8.64. The monoisotopic (exact) mass is 476 g/mol. The minimum atomic E-state index is -0.313. The van der Waals surface area contributed by atoms with Crippen LogP contribution in [-0.2, 0) is 6.61 Å². The first-order valence-corrected chi connectivity index (χ1v) is 12.0. The fourth-order valence-electron chi connectivity index (χ4n) is 4.24. The summed E-state index contributed by atoms with van der Waals surface area (Å²) < 4.78 is 24.2. The molecule has 2 aliphatic heterocycles. The maximum absolute atomic E-state index is 13.1. The van der Waals surface area contributed by atoms with E-state index in [1.807, 2.05) is 24.3 Å². The van der Waals surface area contributed by atoms with Crippen LogP contribution in [0.4, 0.5) is 4.39 Å². The first-order chi connectivity index (χ1) is 17.1. The second-order valence-electron chi connectivity index (χ2n) is 8.64. The summed E-state index contributed by atoms with van der Waals surface area (Å²) >= 11 is 0. The first-order valence-electron chi connectivity index (χ1n) is 12.0. The molecular formula is C26H29FN6O2. The highest BCUT2D eigenvalue weighted by Crippen LogP contribution is 2.28. The Kier molecular flexibility index (Phi) is 6.65. The van der Waals surface area contributed by atoms with E-state index in [0.29, 0.717) is 23.0 Å². The van der Waals surface area contributed by atoms with Crippen LogP contribution in [-0.4, -0.2) is 45.5 Å². The predicted octanol–water partition coefficient (Wildman–Crippen LogP) is 4.69. The lowest BCUT2D eigenvalue weighted by Gasteiger charge is -2.35. The maximum Gasteiger partial charge on any atom is 0.258 e. The number of fused-ring (bicyclic) bond motifs is 1. The minimum absolute atomic E-state index is 0.123.